The highest BCUT2D eigenvalue weighted by Gasteiger charge is 2.17. The van der Waals surface area contributed by atoms with E-state index in [1.54, 1.807) is 18.7 Å². The number of hydrogen-bond acceptors (Lipinski definition) is 4. The van der Waals surface area contributed by atoms with Gasteiger partial charge >= 0.3 is 0 Å². The summed E-state index contributed by atoms with van der Waals surface area (Å²) >= 11 is 0. The molecule has 0 spiro atoms. The van der Waals surface area contributed by atoms with Gasteiger partial charge in [0, 0.05) is 14.1 Å². The van der Waals surface area contributed by atoms with Crippen molar-refractivity contribution in [2.75, 3.05) is 18.1 Å². The third kappa shape index (κ3) is 2.89. The second-order valence-electron chi connectivity index (χ2n) is 4.06. The Kier molecular flexibility index (Phi) is 4.37. The fourth-order valence-corrected chi connectivity index (χ4v) is 1.68. The number of nitrogens with one attached hydrogen (secondary N) is 2. The van der Waals surface area contributed by atoms with Crippen LogP contribution in [0.4, 0.5) is 11.5 Å². The Hall–Kier alpha value is -1.72. The van der Waals surface area contributed by atoms with Crippen molar-refractivity contribution in [2.45, 2.75) is 32.7 Å². The standard InChI is InChI=1S/C11H21N5O/c1-5-6-8-9(12)10(16(4)15-8)14-7(2)11(17)13-3/h7,14H,5-6,12H2,1-4H3,(H,13,17). The lowest BCUT2D eigenvalue weighted by Gasteiger charge is -2.14. The molecule has 1 atom stereocenters. The van der Waals surface area contributed by atoms with E-state index in [1.165, 1.54) is 0 Å². The molecule has 1 aromatic rings. The minimum Gasteiger partial charge on any atom is -0.394 e. The number of hydrogen-bond donors (Lipinski definition) is 3. The van der Waals surface area contributed by atoms with E-state index >= 15 is 0 Å². The van der Waals surface area contributed by atoms with Gasteiger partial charge in [0.05, 0.1) is 11.4 Å². The number of anilines is 2. The number of likely N-dealkylation sites (N-methyl/N-ethyl adjacent to an activating group) is 1. The molecule has 1 rings (SSSR count). The van der Waals surface area contributed by atoms with Gasteiger partial charge in [0.1, 0.15) is 11.9 Å². The monoisotopic (exact) mass is 239 g/mol. The summed E-state index contributed by atoms with van der Waals surface area (Å²) in [5.41, 5.74) is 7.51. The molecule has 6 heteroatoms. The van der Waals surface area contributed by atoms with Crippen LogP contribution in [0.5, 0.6) is 0 Å². The first-order chi connectivity index (χ1) is 8.01. The topological polar surface area (TPSA) is 85.0 Å². The maximum absolute atomic E-state index is 11.4. The number of rotatable bonds is 5. The van der Waals surface area contributed by atoms with Gasteiger partial charge in [0.2, 0.25) is 5.91 Å². The van der Waals surface area contributed by atoms with Gasteiger partial charge in [-0.15, -0.1) is 0 Å². The van der Waals surface area contributed by atoms with E-state index in [9.17, 15) is 4.79 Å². The molecular formula is C11H21N5O. The zero-order chi connectivity index (χ0) is 13.0. The van der Waals surface area contributed by atoms with Crippen LogP contribution in [0.2, 0.25) is 0 Å². The van der Waals surface area contributed by atoms with Crippen LogP contribution in [0, 0.1) is 0 Å². The molecule has 0 radical (unpaired) electrons. The number of nitrogen functional groups attached to an aromatic ring is 1. The molecule has 0 aromatic carbocycles. The molecule has 0 aliphatic carbocycles. The van der Waals surface area contributed by atoms with Gasteiger partial charge in [-0.05, 0) is 13.3 Å². The molecule has 0 fully saturated rings. The van der Waals surface area contributed by atoms with E-state index in [0.29, 0.717) is 11.5 Å². The Labute approximate surface area is 102 Å². The lowest BCUT2D eigenvalue weighted by atomic mass is 10.2. The van der Waals surface area contributed by atoms with Crippen molar-refractivity contribution in [3.63, 3.8) is 0 Å². The van der Waals surface area contributed by atoms with Crippen LogP contribution < -0.4 is 16.4 Å². The third-order valence-electron chi connectivity index (χ3n) is 2.64. The minimum atomic E-state index is -0.341. The van der Waals surface area contributed by atoms with Crippen molar-refractivity contribution in [2.24, 2.45) is 7.05 Å². The fraction of sp³-hybridized carbons (Fsp3) is 0.636. The molecule has 17 heavy (non-hydrogen) atoms. The maximum atomic E-state index is 11.4. The molecule has 1 amide bonds. The molecule has 0 aliphatic rings. The summed E-state index contributed by atoms with van der Waals surface area (Å²) in [6, 6.07) is -0.341. The molecule has 0 saturated carbocycles. The quantitative estimate of drug-likeness (QED) is 0.698. The molecule has 4 N–H and O–H groups in total. The van der Waals surface area contributed by atoms with Gasteiger partial charge in [-0.3, -0.25) is 9.48 Å². The molecule has 0 saturated heterocycles. The largest absolute Gasteiger partial charge is 0.394 e. The van der Waals surface area contributed by atoms with Crippen molar-refractivity contribution in [3.05, 3.63) is 5.69 Å². The minimum absolute atomic E-state index is 0.0809. The average molecular weight is 239 g/mol. The van der Waals surface area contributed by atoms with Gasteiger partial charge < -0.3 is 16.4 Å². The van der Waals surface area contributed by atoms with Crippen LogP contribution >= 0.6 is 0 Å². The molecule has 1 unspecified atom stereocenters. The van der Waals surface area contributed by atoms with Crippen molar-refractivity contribution in [1.82, 2.24) is 15.1 Å². The summed E-state index contributed by atoms with van der Waals surface area (Å²) in [6.07, 6.45) is 1.83. The van der Waals surface area contributed by atoms with Gasteiger partial charge in [0.25, 0.3) is 0 Å². The number of aryl methyl sites for hydroxylation is 2. The number of carbonyl (C=O) groups excluding carboxylic acids is 1. The number of nitrogens with two attached hydrogens (primary N) is 1. The zero-order valence-electron chi connectivity index (χ0n) is 10.9. The summed E-state index contributed by atoms with van der Waals surface area (Å²) in [5.74, 6) is 0.618. The first-order valence-electron chi connectivity index (χ1n) is 5.80. The zero-order valence-corrected chi connectivity index (χ0v) is 10.9. The normalized spacial score (nSPS) is 12.2. The van der Waals surface area contributed by atoms with E-state index in [0.717, 1.165) is 18.5 Å². The predicted molar refractivity (Wildman–Crippen MR) is 68.8 cm³/mol. The van der Waals surface area contributed by atoms with Crippen LogP contribution in [0.25, 0.3) is 0 Å². The highest BCUT2D eigenvalue weighted by molar-refractivity contribution is 5.84. The van der Waals surface area contributed by atoms with Gasteiger partial charge in [-0.2, -0.15) is 5.10 Å². The number of nitrogens with zero attached hydrogens (tertiary/aromatic N) is 2. The van der Waals surface area contributed by atoms with Crippen molar-refractivity contribution in [1.29, 1.82) is 0 Å². The molecule has 6 nitrogen and oxygen atoms in total. The van der Waals surface area contributed by atoms with Crippen LogP contribution in [-0.2, 0) is 18.3 Å². The highest BCUT2D eigenvalue weighted by atomic mass is 16.2. The maximum Gasteiger partial charge on any atom is 0.241 e. The van der Waals surface area contributed by atoms with E-state index in [-0.39, 0.29) is 11.9 Å². The van der Waals surface area contributed by atoms with Gasteiger partial charge in [0.15, 0.2) is 0 Å². The van der Waals surface area contributed by atoms with Crippen LogP contribution in [0.3, 0.4) is 0 Å². The van der Waals surface area contributed by atoms with Crippen molar-refractivity contribution >= 4 is 17.4 Å². The Morgan fingerprint density at radius 1 is 1.59 bits per heavy atom. The summed E-state index contributed by atoms with van der Waals surface area (Å²) in [6.45, 7) is 3.86. The van der Waals surface area contributed by atoms with E-state index in [1.807, 2.05) is 7.05 Å². The Bertz CT molecular complexity index is 399. The average Bonchev–Trinajstić information content (AvgIpc) is 2.56. The second-order valence-corrected chi connectivity index (χ2v) is 4.06. The molecule has 0 aliphatic heterocycles. The molecule has 96 valence electrons. The van der Waals surface area contributed by atoms with Crippen LogP contribution in [-0.4, -0.2) is 28.8 Å². The lowest BCUT2D eigenvalue weighted by molar-refractivity contribution is -0.121. The Morgan fingerprint density at radius 2 is 2.24 bits per heavy atom. The second kappa shape index (κ2) is 5.56. The number of amides is 1. The summed E-state index contributed by atoms with van der Waals surface area (Å²) < 4.78 is 1.68. The van der Waals surface area contributed by atoms with E-state index in [4.69, 9.17) is 5.73 Å². The summed E-state index contributed by atoms with van der Waals surface area (Å²) in [4.78, 5) is 11.4. The Morgan fingerprint density at radius 3 is 2.76 bits per heavy atom. The molecule has 1 aromatic heterocycles. The first kappa shape index (κ1) is 13.3. The van der Waals surface area contributed by atoms with E-state index in [2.05, 4.69) is 22.7 Å². The summed E-state index contributed by atoms with van der Waals surface area (Å²) in [7, 11) is 3.42. The van der Waals surface area contributed by atoms with Gasteiger partial charge in [-0.1, -0.05) is 13.3 Å². The molecule has 1 heterocycles. The SMILES string of the molecule is CCCc1nn(C)c(NC(C)C(=O)NC)c1N. The van der Waals surface area contributed by atoms with Crippen molar-refractivity contribution in [3.8, 4) is 0 Å². The molecule has 0 bridgehead atoms. The van der Waals surface area contributed by atoms with Crippen LogP contribution in [0.15, 0.2) is 0 Å². The van der Waals surface area contributed by atoms with E-state index < -0.39 is 0 Å². The molecular weight excluding hydrogens is 218 g/mol. The summed E-state index contributed by atoms with van der Waals surface area (Å²) in [5, 5.41) is 9.99. The van der Waals surface area contributed by atoms with Crippen molar-refractivity contribution < 1.29 is 4.79 Å². The van der Waals surface area contributed by atoms with Crippen LogP contribution in [0.1, 0.15) is 26.0 Å². The smallest absolute Gasteiger partial charge is 0.241 e. The predicted octanol–water partition coefficient (Wildman–Crippen LogP) is 0.501. The number of aromatic nitrogens is 2. The first-order valence-corrected chi connectivity index (χ1v) is 5.80. The van der Waals surface area contributed by atoms with Gasteiger partial charge in [-0.25, -0.2) is 0 Å². The third-order valence-corrected chi connectivity index (χ3v) is 2.64. The Balaban J connectivity index is 2.87. The fourth-order valence-electron chi connectivity index (χ4n) is 1.68. The lowest BCUT2D eigenvalue weighted by Crippen LogP contribution is -2.35. The number of carbonyl (C=O) groups is 1. The highest BCUT2D eigenvalue weighted by Crippen LogP contribution is 2.23.